The highest BCUT2D eigenvalue weighted by molar-refractivity contribution is 5.49. The maximum absolute atomic E-state index is 9.04. The third-order valence-corrected chi connectivity index (χ3v) is 2.59. The van der Waals surface area contributed by atoms with Gasteiger partial charge in [0.15, 0.2) is 11.5 Å². The predicted octanol–water partition coefficient (Wildman–Crippen LogP) is 1.77. The van der Waals surface area contributed by atoms with Crippen molar-refractivity contribution >= 4 is 5.82 Å². The second-order valence-electron chi connectivity index (χ2n) is 3.71. The van der Waals surface area contributed by atoms with Crippen molar-refractivity contribution < 1.29 is 0 Å². The van der Waals surface area contributed by atoms with Gasteiger partial charge in [-0.2, -0.15) is 5.26 Å². The molecule has 0 radical (unpaired) electrons. The lowest BCUT2D eigenvalue weighted by Crippen LogP contribution is -2.24. The predicted molar refractivity (Wildman–Crippen MR) is 67.7 cm³/mol. The summed E-state index contributed by atoms with van der Waals surface area (Å²) in [6, 6.07) is 5.97. The van der Waals surface area contributed by atoms with Crippen molar-refractivity contribution in [3.63, 3.8) is 0 Å². The zero-order valence-electron chi connectivity index (χ0n) is 10.1. The fourth-order valence-electron chi connectivity index (χ4n) is 1.69. The van der Waals surface area contributed by atoms with Gasteiger partial charge in [-0.25, -0.2) is 9.97 Å². The Morgan fingerprint density at radius 3 is 2.56 bits per heavy atom. The third kappa shape index (κ3) is 2.61. The van der Waals surface area contributed by atoms with Gasteiger partial charge < -0.3 is 4.90 Å². The van der Waals surface area contributed by atoms with Crippen LogP contribution >= 0.6 is 0 Å². The Labute approximate surface area is 106 Å². The summed E-state index contributed by atoms with van der Waals surface area (Å²) in [5, 5.41) is 9.04. The molecule has 2 rings (SSSR count). The average molecular weight is 239 g/mol. The standard InChI is InChI=1S/C13H13N5/c1-2-18(10-11-3-5-15-6-4-11)13-12(9-14)16-7-8-17-13/h3-8H,2,10H2,1H3. The molecule has 18 heavy (non-hydrogen) atoms. The first kappa shape index (κ1) is 12.0. The van der Waals surface area contributed by atoms with Crippen molar-refractivity contribution in [1.82, 2.24) is 15.0 Å². The molecule has 90 valence electrons. The highest BCUT2D eigenvalue weighted by Crippen LogP contribution is 2.16. The molecular formula is C13H13N5. The van der Waals surface area contributed by atoms with E-state index in [-0.39, 0.29) is 0 Å². The number of nitrogens with zero attached hydrogens (tertiary/aromatic N) is 5. The van der Waals surface area contributed by atoms with Gasteiger partial charge in [0.1, 0.15) is 6.07 Å². The quantitative estimate of drug-likeness (QED) is 0.813. The Kier molecular flexibility index (Phi) is 3.82. The van der Waals surface area contributed by atoms with Crippen molar-refractivity contribution in [2.24, 2.45) is 0 Å². The zero-order valence-corrected chi connectivity index (χ0v) is 10.1. The smallest absolute Gasteiger partial charge is 0.183 e. The second-order valence-corrected chi connectivity index (χ2v) is 3.71. The van der Waals surface area contributed by atoms with Crippen LogP contribution in [0.3, 0.4) is 0 Å². The minimum absolute atomic E-state index is 0.355. The summed E-state index contributed by atoms with van der Waals surface area (Å²) in [5.41, 5.74) is 1.48. The maximum atomic E-state index is 9.04. The lowest BCUT2D eigenvalue weighted by atomic mass is 10.2. The Morgan fingerprint density at radius 2 is 1.89 bits per heavy atom. The molecule has 0 amide bonds. The highest BCUT2D eigenvalue weighted by atomic mass is 15.2. The number of hydrogen-bond donors (Lipinski definition) is 0. The molecule has 2 aromatic rings. The summed E-state index contributed by atoms with van der Waals surface area (Å²) in [6.45, 7) is 3.47. The van der Waals surface area contributed by atoms with E-state index in [1.165, 1.54) is 6.20 Å². The minimum Gasteiger partial charge on any atom is -0.350 e. The molecule has 2 heterocycles. The molecular weight excluding hydrogens is 226 g/mol. The molecule has 2 aromatic heterocycles. The lowest BCUT2D eigenvalue weighted by molar-refractivity contribution is 0.805. The fourth-order valence-corrected chi connectivity index (χ4v) is 1.69. The van der Waals surface area contributed by atoms with Crippen molar-refractivity contribution in [2.45, 2.75) is 13.5 Å². The van der Waals surface area contributed by atoms with Gasteiger partial charge in [0.05, 0.1) is 0 Å². The van der Waals surface area contributed by atoms with Gasteiger partial charge in [-0.1, -0.05) is 0 Å². The topological polar surface area (TPSA) is 65.7 Å². The largest absolute Gasteiger partial charge is 0.350 e. The van der Waals surface area contributed by atoms with Gasteiger partial charge in [-0.05, 0) is 24.6 Å². The number of anilines is 1. The van der Waals surface area contributed by atoms with Gasteiger partial charge in [-0.15, -0.1) is 0 Å². The van der Waals surface area contributed by atoms with Crippen molar-refractivity contribution in [1.29, 1.82) is 5.26 Å². The SMILES string of the molecule is CCN(Cc1ccncc1)c1nccnc1C#N. The first-order chi connectivity index (χ1) is 8.85. The van der Waals surface area contributed by atoms with E-state index in [1.807, 2.05) is 24.0 Å². The van der Waals surface area contributed by atoms with Crippen molar-refractivity contribution in [3.8, 4) is 6.07 Å². The van der Waals surface area contributed by atoms with Crippen LogP contribution in [0, 0.1) is 11.3 Å². The Bertz CT molecular complexity index is 547. The summed E-state index contributed by atoms with van der Waals surface area (Å²) < 4.78 is 0. The van der Waals surface area contributed by atoms with Gasteiger partial charge in [-0.3, -0.25) is 4.98 Å². The van der Waals surface area contributed by atoms with Crippen LogP contribution in [0.5, 0.6) is 0 Å². The molecule has 0 aliphatic rings. The van der Waals surface area contributed by atoms with Gasteiger partial charge in [0.25, 0.3) is 0 Å². The fraction of sp³-hybridized carbons (Fsp3) is 0.231. The van der Waals surface area contributed by atoms with E-state index in [4.69, 9.17) is 5.26 Å². The zero-order chi connectivity index (χ0) is 12.8. The minimum atomic E-state index is 0.355. The third-order valence-electron chi connectivity index (χ3n) is 2.59. The molecule has 0 bridgehead atoms. The summed E-state index contributed by atoms with van der Waals surface area (Å²) in [6.07, 6.45) is 6.64. The average Bonchev–Trinajstić information content (AvgIpc) is 2.46. The molecule has 0 atom stereocenters. The van der Waals surface area contributed by atoms with Crippen LogP contribution in [0.4, 0.5) is 5.82 Å². The van der Waals surface area contributed by atoms with Crippen LogP contribution in [0.1, 0.15) is 18.2 Å². The Hall–Kier alpha value is -2.48. The molecule has 0 saturated carbocycles. The highest BCUT2D eigenvalue weighted by Gasteiger charge is 2.12. The van der Waals surface area contributed by atoms with E-state index in [0.29, 0.717) is 18.1 Å². The van der Waals surface area contributed by atoms with E-state index in [0.717, 1.165) is 12.1 Å². The summed E-state index contributed by atoms with van der Waals surface area (Å²) in [7, 11) is 0. The van der Waals surface area contributed by atoms with E-state index in [2.05, 4.69) is 21.0 Å². The molecule has 0 fully saturated rings. The Morgan fingerprint density at radius 1 is 1.17 bits per heavy atom. The van der Waals surface area contributed by atoms with E-state index in [9.17, 15) is 0 Å². The summed E-state index contributed by atoms with van der Waals surface area (Å²) >= 11 is 0. The molecule has 0 aliphatic heterocycles. The lowest BCUT2D eigenvalue weighted by Gasteiger charge is -2.22. The van der Waals surface area contributed by atoms with Crippen molar-refractivity contribution in [2.75, 3.05) is 11.4 Å². The first-order valence-corrected chi connectivity index (χ1v) is 5.70. The van der Waals surface area contributed by atoms with E-state index in [1.54, 1.807) is 18.6 Å². The summed E-state index contributed by atoms with van der Waals surface area (Å²) in [5.74, 6) is 0.624. The molecule has 0 spiro atoms. The number of pyridine rings is 1. The van der Waals surface area contributed by atoms with Crippen LogP contribution in [-0.4, -0.2) is 21.5 Å². The van der Waals surface area contributed by atoms with E-state index >= 15 is 0 Å². The summed E-state index contributed by atoms with van der Waals surface area (Å²) in [4.78, 5) is 14.3. The van der Waals surface area contributed by atoms with Crippen LogP contribution in [-0.2, 0) is 6.54 Å². The van der Waals surface area contributed by atoms with Crippen LogP contribution < -0.4 is 4.90 Å². The van der Waals surface area contributed by atoms with Gasteiger partial charge in [0.2, 0.25) is 0 Å². The van der Waals surface area contributed by atoms with Crippen molar-refractivity contribution in [3.05, 3.63) is 48.2 Å². The number of aromatic nitrogens is 3. The molecule has 0 saturated heterocycles. The van der Waals surface area contributed by atoms with E-state index < -0.39 is 0 Å². The van der Waals surface area contributed by atoms with Gasteiger partial charge in [0, 0.05) is 37.9 Å². The number of hydrogen-bond acceptors (Lipinski definition) is 5. The van der Waals surface area contributed by atoms with Crippen LogP contribution in [0.25, 0.3) is 0 Å². The Balaban J connectivity index is 2.27. The molecule has 0 unspecified atom stereocenters. The maximum Gasteiger partial charge on any atom is 0.183 e. The first-order valence-electron chi connectivity index (χ1n) is 5.70. The monoisotopic (exact) mass is 239 g/mol. The molecule has 0 aliphatic carbocycles. The van der Waals surface area contributed by atoms with Gasteiger partial charge >= 0.3 is 0 Å². The molecule has 5 nitrogen and oxygen atoms in total. The normalized spacial score (nSPS) is 9.78. The second kappa shape index (κ2) is 5.73. The molecule has 0 N–H and O–H groups in total. The molecule has 0 aromatic carbocycles. The number of rotatable bonds is 4. The van der Waals surface area contributed by atoms with Crippen LogP contribution in [0.15, 0.2) is 36.9 Å². The molecule has 5 heteroatoms. The number of nitriles is 1. The van der Waals surface area contributed by atoms with Crippen LogP contribution in [0.2, 0.25) is 0 Å².